The van der Waals surface area contributed by atoms with Crippen LogP contribution in [0.5, 0.6) is 11.5 Å². The standard InChI is InChI=1S/C21H28FN3O2S/c1-5-27-20-10-15(6-9-19(20)26-3)12-24-21(23-2)25-13-16-7-8-18(22)11-17(16)14-28-4/h6-11H,5,12-14H2,1-4H3,(H2,23,24,25). The number of aliphatic imine (C=N–C) groups is 1. The van der Waals surface area contributed by atoms with Gasteiger partial charge in [-0.05, 0) is 54.1 Å². The summed E-state index contributed by atoms with van der Waals surface area (Å²) < 4.78 is 24.4. The summed E-state index contributed by atoms with van der Waals surface area (Å²) in [4.78, 5) is 4.26. The number of rotatable bonds is 9. The minimum absolute atomic E-state index is 0.208. The lowest BCUT2D eigenvalue weighted by Gasteiger charge is -2.15. The van der Waals surface area contributed by atoms with E-state index in [1.807, 2.05) is 37.4 Å². The summed E-state index contributed by atoms with van der Waals surface area (Å²) in [7, 11) is 3.35. The topological polar surface area (TPSA) is 54.9 Å². The maximum Gasteiger partial charge on any atom is 0.191 e. The van der Waals surface area contributed by atoms with Crippen molar-refractivity contribution in [1.29, 1.82) is 0 Å². The minimum Gasteiger partial charge on any atom is -0.493 e. The van der Waals surface area contributed by atoms with Crippen molar-refractivity contribution >= 4 is 17.7 Å². The Morgan fingerprint density at radius 3 is 2.54 bits per heavy atom. The second kappa shape index (κ2) is 11.4. The van der Waals surface area contributed by atoms with Crippen LogP contribution >= 0.6 is 11.8 Å². The normalized spacial score (nSPS) is 11.2. The van der Waals surface area contributed by atoms with Crippen molar-refractivity contribution in [3.8, 4) is 11.5 Å². The van der Waals surface area contributed by atoms with Gasteiger partial charge in [-0.1, -0.05) is 12.1 Å². The van der Waals surface area contributed by atoms with Gasteiger partial charge in [-0.3, -0.25) is 4.99 Å². The molecule has 0 atom stereocenters. The summed E-state index contributed by atoms with van der Waals surface area (Å²) in [5.41, 5.74) is 3.10. The van der Waals surface area contributed by atoms with E-state index in [-0.39, 0.29) is 5.82 Å². The van der Waals surface area contributed by atoms with Crippen LogP contribution in [0.4, 0.5) is 4.39 Å². The van der Waals surface area contributed by atoms with E-state index in [2.05, 4.69) is 15.6 Å². The Balaban J connectivity index is 1.98. The van der Waals surface area contributed by atoms with E-state index < -0.39 is 0 Å². The Hall–Kier alpha value is -2.41. The van der Waals surface area contributed by atoms with Gasteiger partial charge in [0.2, 0.25) is 0 Å². The highest BCUT2D eigenvalue weighted by atomic mass is 32.2. The first-order valence-corrected chi connectivity index (χ1v) is 10.5. The molecule has 0 bridgehead atoms. The molecule has 2 aromatic rings. The van der Waals surface area contributed by atoms with Crippen LogP contribution in [0.3, 0.4) is 0 Å². The van der Waals surface area contributed by atoms with Gasteiger partial charge in [0.15, 0.2) is 17.5 Å². The van der Waals surface area contributed by atoms with Crippen LogP contribution in [0.25, 0.3) is 0 Å². The van der Waals surface area contributed by atoms with Gasteiger partial charge in [0, 0.05) is 25.9 Å². The van der Waals surface area contributed by atoms with Gasteiger partial charge in [-0.25, -0.2) is 4.39 Å². The number of halogens is 1. The first-order valence-electron chi connectivity index (χ1n) is 9.11. The molecule has 2 rings (SSSR count). The van der Waals surface area contributed by atoms with Gasteiger partial charge < -0.3 is 20.1 Å². The molecule has 0 radical (unpaired) electrons. The van der Waals surface area contributed by atoms with Crippen molar-refractivity contribution in [2.75, 3.05) is 27.0 Å². The zero-order chi connectivity index (χ0) is 20.4. The predicted octanol–water partition coefficient (Wildman–Crippen LogP) is 3.96. The zero-order valence-electron chi connectivity index (χ0n) is 16.8. The number of hydrogen-bond acceptors (Lipinski definition) is 4. The van der Waals surface area contributed by atoms with E-state index in [9.17, 15) is 4.39 Å². The number of benzene rings is 2. The van der Waals surface area contributed by atoms with E-state index in [4.69, 9.17) is 9.47 Å². The lowest BCUT2D eigenvalue weighted by molar-refractivity contribution is 0.310. The van der Waals surface area contributed by atoms with Crippen molar-refractivity contribution in [2.45, 2.75) is 25.8 Å². The molecule has 0 saturated heterocycles. The van der Waals surface area contributed by atoms with Crippen molar-refractivity contribution in [3.05, 3.63) is 58.9 Å². The largest absolute Gasteiger partial charge is 0.493 e. The lowest BCUT2D eigenvalue weighted by Crippen LogP contribution is -2.36. The van der Waals surface area contributed by atoms with Gasteiger partial charge in [0.1, 0.15) is 5.82 Å². The quantitative estimate of drug-likeness (QED) is 0.489. The Bertz CT molecular complexity index is 799. The van der Waals surface area contributed by atoms with Crippen molar-refractivity contribution in [2.24, 2.45) is 4.99 Å². The number of nitrogens with one attached hydrogen (secondary N) is 2. The highest BCUT2D eigenvalue weighted by molar-refractivity contribution is 7.97. The van der Waals surface area contributed by atoms with Crippen LogP contribution in [0.15, 0.2) is 41.4 Å². The van der Waals surface area contributed by atoms with Crippen LogP contribution in [0, 0.1) is 5.82 Å². The molecule has 0 fully saturated rings. The van der Waals surface area contributed by atoms with E-state index in [0.29, 0.717) is 31.4 Å². The average molecular weight is 406 g/mol. The van der Waals surface area contributed by atoms with E-state index in [1.165, 1.54) is 6.07 Å². The third kappa shape index (κ3) is 6.34. The fourth-order valence-electron chi connectivity index (χ4n) is 2.74. The average Bonchev–Trinajstić information content (AvgIpc) is 2.70. The Morgan fingerprint density at radius 1 is 1.07 bits per heavy atom. The Kier molecular flexibility index (Phi) is 8.94. The molecule has 0 saturated carbocycles. The number of methoxy groups -OCH3 is 1. The molecule has 0 spiro atoms. The van der Waals surface area contributed by atoms with E-state index in [0.717, 1.165) is 28.2 Å². The van der Waals surface area contributed by atoms with Crippen molar-refractivity contribution < 1.29 is 13.9 Å². The van der Waals surface area contributed by atoms with Crippen molar-refractivity contribution in [3.63, 3.8) is 0 Å². The van der Waals surface area contributed by atoms with Crippen LogP contribution in [0.1, 0.15) is 23.6 Å². The maximum atomic E-state index is 13.5. The summed E-state index contributed by atoms with van der Waals surface area (Å²) >= 11 is 1.67. The summed E-state index contributed by atoms with van der Waals surface area (Å²) in [6.45, 7) is 3.68. The number of thioether (sulfide) groups is 1. The lowest BCUT2D eigenvalue weighted by atomic mass is 10.1. The first-order chi connectivity index (χ1) is 13.6. The van der Waals surface area contributed by atoms with Gasteiger partial charge in [0.05, 0.1) is 13.7 Å². The monoisotopic (exact) mass is 405 g/mol. The highest BCUT2D eigenvalue weighted by Gasteiger charge is 2.08. The number of hydrogen-bond donors (Lipinski definition) is 2. The van der Waals surface area contributed by atoms with Crippen LogP contribution < -0.4 is 20.1 Å². The molecule has 7 heteroatoms. The third-order valence-electron chi connectivity index (χ3n) is 4.13. The molecule has 0 aliphatic heterocycles. The molecule has 0 amide bonds. The molecule has 2 N–H and O–H groups in total. The second-order valence-corrected chi connectivity index (χ2v) is 6.91. The molecule has 0 unspecified atom stereocenters. The Labute approximate surface area is 170 Å². The molecule has 152 valence electrons. The third-order valence-corrected chi connectivity index (χ3v) is 4.73. The summed E-state index contributed by atoms with van der Waals surface area (Å²) in [5.74, 6) is 2.67. The summed E-state index contributed by atoms with van der Waals surface area (Å²) in [6.07, 6.45) is 2.01. The Morgan fingerprint density at radius 2 is 1.86 bits per heavy atom. The molecule has 0 aliphatic carbocycles. The fourth-order valence-corrected chi connectivity index (χ4v) is 3.32. The van der Waals surface area contributed by atoms with Gasteiger partial charge in [-0.2, -0.15) is 11.8 Å². The van der Waals surface area contributed by atoms with Crippen LogP contribution in [-0.2, 0) is 18.8 Å². The van der Waals surface area contributed by atoms with E-state index >= 15 is 0 Å². The second-order valence-electron chi connectivity index (χ2n) is 6.04. The molecule has 2 aromatic carbocycles. The van der Waals surface area contributed by atoms with E-state index in [1.54, 1.807) is 32.0 Å². The fraction of sp³-hybridized carbons (Fsp3) is 0.381. The summed E-state index contributed by atoms with van der Waals surface area (Å²) in [5, 5.41) is 6.58. The maximum absolute atomic E-state index is 13.5. The van der Waals surface area contributed by atoms with Crippen LogP contribution in [-0.4, -0.2) is 33.0 Å². The van der Waals surface area contributed by atoms with Gasteiger partial charge in [0.25, 0.3) is 0 Å². The first kappa shape index (κ1) is 21.9. The molecule has 28 heavy (non-hydrogen) atoms. The molecule has 0 aliphatic rings. The highest BCUT2D eigenvalue weighted by Crippen LogP contribution is 2.28. The minimum atomic E-state index is -0.208. The zero-order valence-corrected chi connectivity index (χ0v) is 17.7. The molecule has 0 heterocycles. The molecule has 5 nitrogen and oxygen atoms in total. The molecular weight excluding hydrogens is 377 g/mol. The molecular formula is C21H28FN3O2S. The van der Waals surface area contributed by atoms with Gasteiger partial charge >= 0.3 is 0 Å². The van der Waals surface area contributed by atoms with Crippen molar-refractivity contribution in [1.82, 2.24) is 10.6 Å². The summed E-state index contributed by atoms with van der Waals surface area (Å²) in [6, 6.07) is 10.7. The van der Waals surface area contributed by atoms with Gasteiger partial charge in [-0.15, -0.1) is 0 Å². The SMILES string of the molecule is CCOc1cc(CNC(=NC)NCc2ccc(F)cc2CSC)ccc1OC. The smallest absolute Gasteiger partial charge is 0.191 e. The van der Waals surface area contributed by atoms with Crippen LogP contribution in [0.2, 0.25) is 0 Å². The number of ether oxygens (including phenoxy) is 2. The number of nitrogens with zero attached hydrogens (tertiary/aromatic N) is 1. The molecule has 0 aromatic heterocycles. The number of guanidine groups is 1. The predicted molar refractivity (Wildman–Crippen MR) is 115 cm³/mol.